The minimum Gasteiger partial charge on any atom is -0.481 e. The van der Waals surface area contributed by atoms with Gasteiger partial charge in [0.25, 0.3) is 5.91 Å². The molecule has 1 atom stereocenters. The summed E-state index contributed by atoms with van der Waals surface area (Å²) in [6.45, 7) is 2.57. The molecule has 3 rings (SSSR count). The molecule has 1 aliphatic heterocycles. The van der Waals surface area contributed by atoms with Crippen LogP contribution in [-0.2, 0) is 4.79 Å². The summed E-state index contributed by atoms with van der Waals surface area (Å²) in [5.41, 5.74) is 2.37. The number of carbonyl (C=O) groups is 2. The molecule has 1 aromatic heterocycles. The summed E-state index contributed by atoms with van der Waals surface area (Å²) in [6, 6.07) is 7.20. The van der Waals surface area contributed by atoms with Crippen LogP contribution in [0.3, 0.4) is 0 Å². The lowest BCUT2D eigenvalue weighted by atomic mass is 10.1. The van der Waals surface area contributed by atoms with Crippen molar-refractivity contribution >= 4 is 23.2 Å². The maximum absolute atomic E-state index is 12.7. The molecule has 1 aliphatic rings. The molecule has 0 bridgehead atoms. The Morgan fingerprint density at radius 2 is 2.26 bits per heavy atom. The lowest BCUT2D eigenvalue weighted by Gasteiger charge is -2.23. The minimum atomic E-state index is -0.860. The van der Waals surface area contributed by atoms with Gasteiger partial charge in [-0.3, -0.25) is 9.59 Å². The molecule has 0 saturated carbocycles. The number of carbonyl (C=O) groups excluding carboxylic acids is 1. The average molecular weight is 330 g/mol. The molecule has 120 valence electrons. The maximum Gasteiger partial charge on any atom is 0.305 e. The normalized spacial score (nSPS) is 17.4. The first-order chi connectivity index (χ1) is 11.0. The van der Waals surface area contributed by atoms with E-state index >= 15 is 0 Å². The van der Waals surface area contributed by atoms with Crippen molar-refractivity contribution in [3.63, 3.8) is 0 Å². The zero-order chi connectivity index (χ0) is 16.4. The second kappa shape index (κ2) is 6.50. The zero-order valence-corrected chi connectivity index (χ0v) is 13.7. The van der Waals surface area contributed by atoms with E-state index in [-0.39, 0.29) is 18.4 Å². The minimum absolute atomic E-state index is 0.0106. The van der Waals surface area contributed by atoms with E-state index in [4.69, 9.17) is 5.11 Å². The summed E-state index contributed by atoms with van der Waals surface area (Å²) < 4.78 is 0. The number of amides is 1. The van der Waals surface area contributed by atoms with Crippen LogP contribution in [0.2, 0.25) is 0 Å². The van der Waals surface area contributed by atoms with E-state index in [1.165, 1.54) is 0 Å². The highest BCUT2D eigenvalue weighted by atomic mass is 32.1. The quantitative estimate of drug-likeness (QED) is 0.934. The van der Waals surface area contributed by atoms with Crippen LogP contribution >= 0.6 is 11.3 Å². The van der Waals surface area contributed by atoms with Crippen molar-refractivity contribution in [3.8, 4) is 11.3 Å². The molecule has 1 fully saturated rings. The van der Waals surface area contributed by atoms with E-state index in [9.17, 15) is 9.59 Å². The monoisotopic (exact) mass is 330 g/mol. The van der Waals surface area contributed by atoms with E-state index in [1.54, 1.807) is 22.3 Å². The van der Waals surface area contributed by atoms with Gasteiger partial charge in [-0.05, 0) is 31.9 Å². The largest absolute Gasteiger partial charge is 0.481 e. The summed E-state index contributed by atoms with van der Waals surface area (Å²) in [5, 5.41) is 12.0. The van der Waals surface area contributed by atoms with Crippen LogP contribution in [0.15, 0.2) is 29.6 Å². The Labute approximate surface area is 138 Å². The first-order valence-corrected chi connectivity index (χ1v) is 8.48. The van der Waals surface area contributed by atoms with Crippen LogP contribution in [-0.4, -0.2) is 39.5 Å². The predicted octanol–water partition coefficient (Wildman–Crippen LogP) is 3.20. The topological polar surface area (TPSA) is 70.5 Å². The number of hydrogen-bond donors (Lipinski definition) is 1. The van der Waals surface area contributed by atoms with Gasteiger partial charge in [0, 0.05) is 29.1 Å². The highest BCUT2D eigenvalue weighted by Gasteiger charge is 2.31. The zero-order valence-electron chi connectivity index (χ0n) is 12.9. The Kier molecular flexibility index (Phi) is 4.43. The first-order valence-electron chi connectivity index (χ1n) is 7.60. The number of benzene rings is 1. The van der Waals surface area contributed by atoms with Crippen LogP contribution < -0.4 is 0 Å². The number of nitrogens with zero attached hydrogens (tertiary/aromatic N) is 2. The van der Waals surface area contributed by atoms with Gasteiger partial charge < -0.3 is 10.0 Å². The predicted molar refractivity (Wildman–Crippen MR) is 88.6 cm³/mol. The van der Waals surface area contributed by atoms with Crippen molar-refractivity contribution in [1.29, 1.82) is 0 Å². The molecular weight excluding hydrogens is 312 g/mol. The van der Waals surface area contributed by atoms with E-state index in [2.05, 4.69) is 4.98 Å². The van der Waals surface area contributed by atoms with E-state index in [0.717, 1.165) is 29.1 Å². The number of hydrogen-bond acceptors (Lipinski definition) is 4. The standard InChI is InChI=1S/C17H18N2O3S/c1-11-18-15(10-23-11)12-4-2-5-13(8-12)17(22)19-7-3-6-14(19)9-16(20)21/h2,4-5,8,10,14H,3,6-7,9H2,1H3,(H,20,21). The van der Waals surface area contributed by atoms with Crippen LogP contribution in [0.1, 0.15) is 34.6 Å². The molecule has 5 nitrogen and oxygen atoms in total. The van der Waals surface area contributed by atoms with Crippen LogP contribution in [0, 0.1) is 6.92 Å². The van der Waals surface area contributed by atoms with Crippen LogP contribution in [0.25, 0.3) is 11.3 Å². The first kappa shape index (κ1) is 15.7. The lowest BCUT2D eigenvalue weighted by Crippen LogP contribution is -2.36. The lowest BCUT2D eigenvalue weighted by molar-refractivity contribution is -0.137. The molecule has 1 amide bonds. The molecule has 2 aromatic rings. The van der Waals surface area contributed by atoms with Gasteiger partial charge in [0.05, 0.1) is 17.1 Å². The average Bonchev–Trinajstić information content (AvgIpc) is 3.15. The molecule has 0 radical (unpaired) electrons. The third-order valence-corrected chi connectivity index (χ3v) is 4.85. The summed E-state index contributed by atoms with van der Waals surface area (Å²) >= 11 is 1.57. The molecule has 1 saturated heterocycles. The van der Waals surface area contributed by atoms with Gasteiger partial charge in [-0.25, -0.2) is 4.98 Å². The van der Waals surface area contributed by atoms with E-state index in [1.807, 2.05) is 30.5 Å². The fraction of sp³-hybridized carbons (Fsp3) is 0.353. The Morgan fingerprint density at radius 3 is 2.96 bits per heavy atom. The molecule has 1 aromatic carbocycles. The Balaban J connectivity index is 1.83. The van der Waals surface area contributed by atoms with Gasteiger partial charge in [-0.1, -0.05) is 12.1 Å². The molecular formula is C17H18N2O3S. The SMILES string of the molecule is Cc1nc(-c2cccc(C(=O)N3CCCC3CC(=O)O)c2)cs1. The van der Waals surface area contributed by atoms with Crippen LogP contribution in [0.5, 0.6) is 0 Å². The Morgan fingerprint density at radius 1 is 1.43 bits per heavy atom. The van der Waals surface area contributed by atoms with E-state index in [0.29, 0.717) is 12.1 Å². The van der Waals surface area contributed by atoms with Crippen molar-refractivity contribution in [1.82, 2.24) is 9.88 Å². The van der Waals surface area contributed by atoms with Gasteiger partial charge in [0.15, 0.2) is 0 Å². The fourth-order valence-corrected chi connectivity index (χ4v) is 3.61. The third-order valence-electron chi connectivity index (χ3n) is 4.07. The highest BCUT2D eigenvalue weighted by molar-refractivity contribution is 7.09. The Hall–Kier alpha value is -2.21. The third kappa shape index (κ3) is 3.42. The smallest absolute Gasteiger partial charge is 0.305 e. The van der Waals surface area contributed by atoms with Gasteiger partial charge in [0.1, 0.15) is 0 Å². The van der Waals surface area contributed by atoms with Crippen molar-refractivity contribution in [2.45, 2.75) is 32.2 Å². The molecule has 1 unspecified atom stereocenters. The fourth-order valence-electron chi connectivity index (χ4n) is 2.99. The number of aromatic nitrogens is 1. The van der Waals surface area contributed by atoms with Gasteiger partial charge in [0.2, 0.25) is 0 Å². The number of carboxylic acid groups (broad SMARTS) is 1. The number of aryl methyl sites for hydroxylation is 1. The maximum atomic E-state index is 12.7. The summed E-state index contributed by atoms with van der Waals surface area (Å²) in [6.07, 6.45) is 1.62. The van der Waals surface area contributed by atoms with Crippen LogP contribution in [0.4, 0.5) is 0 Å². The van der Waals surface area contributed by atoms with Gasteiger partial charge >= 0.3 is 5.97 Å². The highest BCUT2D eigenvalue weighted by Crippen LogP contribution is 2.26. The molecule has 23 heavy (non-hydrogen) atoms. The molecule has 2 heterocycles. The van der Waals surface area contributed by atoms with Gasteiger partial charge in [-0.2, -0.15) is 0 Å². The van der Waals surface area contributed by atoms with Crippen molar-refractivity contribution < 1.29 is 14.7 Å². The molecule has 6 heteroatoms. The number of likely N-dealkylation sites (tertiary alicyclic amines) is 1. The van der Waals surface area contributed by atoms with Gasteiger partial charge in [-0.15, -0.1) is 11.3 Å². The summed E-state index contributed by atoms with van der Waals surface area (Å²) in [7, 11) is 0. The number of aliphatic carboxylic acids is 1. The summed E-state index contributed by atoms with van der Waals surface area (Å²) in [5.74, 6) is -0.955. The van der Waals surface area contributed by atoms with E-state index < -0.39 is 5.97 Å². The molecule has 0 aliphatic carbocycles. The Bertz CT molecular complexity index is 741. The number of thiazole rings is 1. The molecule has 0 spiro atoms. The van der Waals surface area contributed by atoms with Crippen molar-refractivity contribution in [2.75, 3.05) is 6.54 Å². The second-order valence-corrected chi connectivity index (χ2v) is 6.79. The second-order valence-electron chi connectivity index (χ2n) is 5.73. The van der Waals surface area contributed by atoms with Crippen molar-refractivity contribution in [3.05, 3.63) is 40.2 Å². The number of rotatable bonds is 4. The molecule has 1 N–H and O–H groups in total. The number of carboxylic acids is 1. The van der Waals surface area contributed by atoms with Crippen molar-refractivity contribution in [2.24, 2.45) is 0 Å². The summed E-state index contributed by atoms with van der Waals surface area (Å²) in [4.78, 5) is 29.8.